The number of carbonyl (C=O) groups excluding carboxylic acids is 1. The summed E-state index contributed by atoms with van der Waals surface area (Å²) >= 11 is 1.61. The third-order valence-electron chi connectivity index (χ3n) is 5.08. The second-order valence-corrected chi connectivity index (χ2v) is 8.09. The van der Waals surface area contributed by atoms with E-state index in [4.69, 9.17) is 4.98 Å². The minimum absolute atomic E-state index is 0.615. The summed E-state index contributed by atoms with van der Waals surface area (Å²) < 4.78 is 1.91. The van der Waals surface area contributed by atoms with Gasteiger partial charge in [-0.2, -0.15) is 0 Å². The van der Waals surface area contributed by atoms with Gasteiger partial charge in [-0.3, -0.25) is 9.20 Å². The van der Waals surface area contributed by atoms with E-state index in [-0.39, 0.29) is 0 Å². The van der Waals surface area contributed by atoms with Crippen LogP contribution >= 0.6 is 11.3 Å². The van der Waals surface area contributed by atoms with Gasteiger partial charge in [0.15, 0.2) is 11.2 Å². The second-order valence-electron chi connectivity index (χ2n) is 7.09. The average Bonchev–Trinajstić information content (AvgIpc) is 3.30. The predicted molar refractivity (Wildman–Crippen MR) is 117 cm³/mol. The molecule has 0 aliphatic heterocycles. The molecule has 0 amide bonds. The fraction of sp³-hybridized carbons (Fsp3) is 0.250. The summed E-state index contributed by atoms with van der Waals surface area (Å²) in [5, 5.41) is 0. The Labute approximate surface area is 169 Å². The maximum Gasteiger partial charge on any atom is 0.195 e. The molecule has 0 fully saturated rings. The van der Waals surface area contributed by atoms with Crippen molar-refractivity contribution < 1.29 is 4.79 Å². The molecule has 0 aliphatic rings. The van der Waals surface area contributed by atoms with Crippen molar-refractivity contribution in [3.63, 3.8) is 0 Å². The molecule has 0 aliphatic carbocycles. The van der Waals surface area contributed by atoms with E-state index < -0.39 is 0 Å². The van der Waals surface area contributed by atoms with Crippen LogP contribution in [0.15, 0.2) is 60.8 Å². The molecule has 4 heteroatoms. The highest BCUT2D eigenvalue weighted by Gasteiger charge is 2.16. The number of aldehydes is 1. The van der Waals surface area contributed by atoms with Gasteiger partial charge in [0.05, 0.1) is 4.88 Å². The number of unbranched alkanes of at least 4 members (excludes halogenated alkanes) is 3. The van der Waals surface area contributed by atoms with Gasteiger partial charge < -0.3 is 0 Å². The van der Waals surface area contributed by atoms with E-state index in [2.05, 4.69) is 43.3 Å². The molecule has 0 spiro atoms. The molecule has 0 atom stereocenters. The summed E-state index contributed by atoms with van der Waals surface area (Å²) in [4.78, 5) is 18.6. The van der Waals surface area contributed by atoms with Crippen molar-refractivity contribution >= 4 is 22.6 Å². The van der Waals surface area contributed by atoms with Gasteiger partial charge in [-0.05, 0) is 24.0 Å². The van der Waals surface area contributed by atoms with Crippen LogP contribution in [0.2, 0.25) is 0 Å². The van der Waals surface area contributed by atoms with Crippen LogP contribution < -0.4 is 0 Å². The van der Waals surface area contributed by atoms with Crippen LogP contribution in [0.3, 0.4) is 0 Å². The third kappa shape index (κ3) is 3.78. The molecule has 4 aromatic rings. The van der Waals surface area contributed by atoms with Crippen molar-refractivity contribution in [1.29, 1.82) is 0 Å². The molecule has 0 N–H and O–H groups in total. The number of rotatable bonds is 8. The number of hydrogen-bond acceptors (Lipinski definition) is 3. The highest BCUT2D eigenvalue weighted by Crippen LogP contribution is 2.32. The fourth-order valence-electron chi connectivity index (χ4n) is 3.51. The lowest BCUT2D eigenvalue weighted by atomic mass is 10.0. The minimum atomic E-state index is 0.615. The van der Waals surface area contributed by atoms with Gasteiger partial charge in [0.2, 0.25) is 0 Å². The van der Waals surface area contributed by atoms with Crippen LogP contribution in [-0.4, -0.2) is 15.7 Å². The van der Waals surface area contributed by atoms with Crippen molar-refractivity contribution in [1.82, 2.24) is 9.38 Å². The van der Waals surface area contributed by atoms with Gasteiger partial charge in [-0.1, -0.05) is 92.1 Å². The van der Waals surface area contributed by atoms with E-state index in [9.17, 15) is 4.79 Å². The quantitative estimate of drug-likeness (QED) is 0.250. The van der Waals surface area contributed by atoms with Gasteiger partial charge in [-0.25, -0.2) is 4.98 Å². The predicted octanol–water partition coefficient (Wildman–Crippen LogP) is 6.67. The molecule has 0 saturated carbocycles. The van der Waals surface area contributed by atoms with Crippen LogP contribution in [0.5, 0.6) is 0 Å². The zero-order valence-corrected chi connectivity index (χ0v) is 16.9. The molecule has 3 nitrogen and oxygen atoms in total. The van der Waals surface area contributed by atoms with Gasteiger partial charge >= 0.3 is 0 Å². The first-order valence-electron chi connectivity index (χ1n) is 9.92. The zero-order chi connectivity index (χ0) is 19.3. The molecule has 2 aromatic heterocycles. The lowest BCUT2D eigenvalue weighted by Gasteiger charge is -2.04. The second kappa shape index (κ2) is 8.53. The Morgan fingerprint density at radius 2 is 1.75 bits per heavy atom. The first kappa shape index (κ1) is 18.6. The highest BCUT2D eigenvalue weighted by atomic mass is 32.1. The zero-order valence-electron chi connectivity index (χ0n) is 16.1. The Morgan fingerprint density at radius 1 is 0.964 bits per heavy atom. The molecule has 4 rings (SSSR count). The Bertz CT molecular complexity index is 1060. The topological polar surface area (TPSA) is 34.4 Å². The number of hydrogen-bond donors (Lipinski definition) is 0. The number of benzene rings is 2. The number of aryl methyl sites for hydroxylation is 1. The van der Waals surface area contributed by atoms with Crippen LogP contribution in [0.4, 0.5) is 0 Å². The smallest absolute Gasteiger partial charge is 0.195 e. The summed E-state index contributed by atoms with van der Waals surface area (Å²) in [6.45, 7) is 2.23. The average molecular weight is 389 g/mol. The fourth-order valence-corrected chi connectivity index (χ4v) is 4.50. The molecule has 0 unspecified atom stereocenters. The maximum absolute atomic E-state index is 11.8. The lowest BCUT2D eigenvalue weighted by Crippen LogP contribution is -1.91. The van der Waals surface area contributed by atoms with Crippen molar-refractivity contribution in [2.45, 2.75) is 39.0 Å². The third-order valence-corrected chi connectivity index (χ3v) is 6.11. The monoisotopic (exact) mass is 388 g/mol. The molecule has 0 saturated heterocycles. The number of thiazole rings is 1. The Hall–Kier alpha value is -2.72. The minimum Gasteiger partial charge on any atom is -0.296 e. The SMILES string of the molecule is CCCCCCc1ccc(-c2nc3sc(-c4ccccc4)cn3c2C=O)cc1. The van der Waals surface area contributed by atoms with E-state index >= 15 is 0 Å². The first-order valence-corrected chi connectivity index (χ1v) is 10.7. The number of carbonyl (C=O) groups is 1. The number of imidazole rings is 1. The first-order chi connectivity index (χ1) is 13.8. The summed E-state index contributed by atoms with van der Waals surface area (Å²) in [6, 6.07) is 18.7. The Morgan fingerprint density at radius 3 is 2.46 bits per heavy atom. The summed E-state index contributed by atoms with van der Waals surface area (Å²) in [5.74, 6) is 0. The van der Waals surface area contributed by atoms with Crippen molar-refractivity contribution in [3.8, 4) is 21.7 Å². The largest absolute Gasteiger partial charge is 0.296 e. The lowest BCUT2D eigenvalue weighted by molar-refractivity contribution is 0.111. The van der Waals surface area contributed by atoms with Crippen molar-refractivity contribution in [2.24, 2.45) is 0 Å². The van der Waals surface area contributed by atoms with E-state index in [0.717, 1.165) is 39.4 Å². The molecule has 28 heavy (non-hydrogen) atoms. The van der Waals surface area contributed by atoms with Crippen LogP contribution in [0.1, 0.15) is 48.7 Å². The van der Waals surface area contributed by atoms with Crippen molar-refractivity contribution in [3.05, 3.63) is 72.1 Å². The molecular formula is C24H24N2OS. The van der Waals surface area contributed by atoms with Gasteiger partial charge in [0.25, 0.3) is 0 Å². The van der Waals surface area contributed by atoms with E-state index in [1.807, 2.05) is 28.8 Å². The highest BCUT2D eigenvalue weighted by molar-refractivity contribution is 7.20. The summed E-state index contributed by atoms with van der Waals surface area (Å²) in [7, 11) is 0. The number of nitrogens with zero attached hydrogens (tertiary/aromatic N) is 2. The summed E-state index contributed by atoms with van der Waals surface area (Å²) in [5.41, 5.74) is 4.86. The normalized spacial score (nSPS) is 11.2. The van der Waals surface area contributed by atoms with Crippen LogP contribution in [0, 0.1) is 0 Å². The van der Waals surface area contributed by atoms with Crippen molar-refractivity contribution in [2.75, 3.05) is 0 Å². The van der Waals surface area contributed by atoms with Crippen LogP contribution in [0.25, 0.3) is 26.7 Å². The molecular weight excluding hydrogens is 364 g/mol. The molecule has 0 bridgehead atoms. The number of aromatic nitrogens is 2. The summed E-state index contributed by atoms with van der Waals surface area (Å²) in [6.07, 6.45) is 9.12. The molecule has 0 radical (unpaired) electrons. The Kier molecular flexibility index (Phi) is 5.68. The molecule has 2 aromatic carbocycles. The number of fused-ring (bicyclic) bond motifs is 1. The molecule has 2 heterocycles. The van der Waals surface area contributed by atoms with Gasteiger partial charge in [0.1, 0.15) is 11.4 Å². The van der Waals surface area contributed by atoms with E-state index in [0.29, 0.717) is 5.69 Å². The van der Waals surface area contributed by atoms with Gasteiger partial charge in [-0.15, -0.1) is 0 Å². The standard InChI is InChI=1S/C24H24N2OS/c1-2-3-4-6-9-18-12-14-20(15-13-18)23-21(17-27)26-16-22(28-24(26)25-23)19-10-7-5-8-11-19/h5,7-8,10-17H,2-4,6,9H2,1H3. The van der Waals surface area contributed by atoms with Gasteiger partial charge in [0, 0.05) is 11.8 Å². The Balaban J connectivity index is 1.60. The molecule has 142 valence electrons. The van der Waals surface area contributed by atoms with E-state index in [1.165, 1.54) is 31.2 Å². The maximum atomic E-state index is 11.8. The van der Waals surface area contributed by atoms with E-state index in [1.54, 1.807) is 11.3 Å². The van der Waals surface area contributed by atoms with Crippen LogP contribution in [-0.2, 0) is 6.42 Å².